The third kappa shape index (κ3) is 4.63. The molecule has 0 fully saturated rings. The largest absolute Gasteiger partial charge is 0.465 e. The van der Waals surface area contributed by atoms with Crippen LogP contribution in [-0.2, 0) is 9.53 Å². The fraction of sp³-hybridized carbons (Fsp3) is 0.294. The smallest absolute Gasteiger partial charge is 0.322 e. The average molecular weight is 376 g/mol. The average Bonchev–Trinajstić information content (AvgIpc) is 2.58. The van der Waals surface area contributed by atoms with Crippen LogP contribution in [0.5, 0.6) is 0 Å². The molecule has 0 aliphatic carbocycles. The normalized spacial score (nSPS) is 11.0. The zero-order valence-electron chi connectivity index (χ0n) is 14.7. The number of anilines is 2. The first-order chi connectivity index (χ1) is 12.2. The Morgan fingerprint density at radius 3 is 2.54 bits per heavy atom. The van der Waals surface area contributed by atoms with Gasteiger partial charge in [-0.25, -0.2) is 4.98 Å². The van der Waals surface area contributed by atoms with Crippen LogP contribution in [0.3, 0.4) is 0 Å². The molecule has 9 heteroatoms. The molecule has 0 radical (unpaired) electrons. The fourth-order valence-electron chi connectivity index (χ4n) is 2.00. The van der Waals surface area contributed by atoms with Gasteiger partial charge in [0.05, 0.1) is 6.61 Å². The molecule has 0 aliphatic heterocycles. The van der Waals surface area contributed by atoms with Crippen molar-refractivity contribution in [3.8, 4) is 0 Å². The predicted octanol–water partition coefficient (Wildman–Crippen LogP) is 2.04. The van der Waals surface area contributed by atoms with Crippen molar-refractivity contribution in [1.82, 2.24) is 9.97 Å². The summed E-state index contributed by atoms with van der Waals surface area (Å²) < 4.78 is 4.03. The number of carbonyl (C=O) groups excluding carboxylic acids is 2. The highest BCUT2D eigenvalue weighted by Crippen LogP contribution is 2.31. The molecule has 0 aliphatic rings. The molecule has 0 spiro atoms. The number of amides is 1. The van der Waals surface area contributed by atoms with Crippen molar-refractivity contribution in [2.24, 2.45) is 0 Å². The van der Waals surface area contributed by atoms with Gasteiger partial charge in [-0.15, -0.1) is 0 Å². The van der Waals surface area contributed by atoms with Crippen molar-refractivity contribution in [2.75, 3.05) is 17.7 Å². The number of aromatic amines is 1. The number of hydrogen-bond donors (Lipinski definition) is 3. The van der Waals surface area contributed by atoms with Crippen LogP contribution in [0.15, 0.2) is 40.3 Å². The number of nitrogens with one attached hydrogen (secondary N) is 2. The summed E-state index contributed by atoms with van der Waals surface area (Å²) in [6, 6.07) is 8.41. The summed E-state index contributed by atoms with van der Waals surface area (Å²) in [5.41, 5.74) is 5.46. The Morgan fingerprint density at radius 1 is 1.31 bits per heavy atom. The molecule has 26 heavy (non-hydrogen) atoms. The summed E-state index contributed by atoms with van der Waals surface area (Å²) in [6.07, 6.45) is 0. The molecule has 2 rings (SSSR count). The van der Waals surface area contributed by atoms with Crippen LogP contribution in [0.1, 0.15) is 31.1 Å². The Kier molecular flexibility index (Phi) is 6.04. The summed E-state index contributed by atoms with van der Waals surface area (Å²) in [4.78, 5) is 43.0. The van der Waals surface area contributed by atoms with E-state index in [1.165, 1.54) is 0 Å². The maximum absolute atomic E-state index is 12.3. The predicted molar refractivity (Wildman–Crippen MR) is 100 cm³/mol. The van der Waals surface area contributed by atoms with Gasteiger partial charge in [-0.2, -0.15) is 0 Å². The van der Waals surface area contributed by atoms with Crippen LogP contribution >= 0.6 is 11.8 Å². The van der Waals surface area contributed by atoms with Crippen molar-refractivity contribution in [2.45, 2.75) is 30.7 Å². The Hall–Kier alpha value is -2.81. The number of thioether (sulfide) groups is 1. The zero-order valence-corrected chi connectivity index (χ0v) is 15.5. The van der Waals surface area contributed by atoms with Gasteiger partial charge in [0, 0.05) is 5.56 Å². The minimum absolute atomic E-state index is 0.139. The summed E-state index contributed by atoms with van der Waals surface area (Å²) in [5.74, 6) is -1.05. The number of ether oxygens (including phenoxy) is 1. The van der Waals surface area contributed by atoms with Gasteiger partial charge in [-0.3, -0.25) is 19.4 Å². The number of nitrogen functional groups attached to an aromatic ring is 1. The van der Waals surface area contributed by atoms with E-state index in [0.717, 1.165) is 11.8 Å². The molecule has 1 aromatic carbocycles. The van der Waals surface area contributed by atoms with E-state index in [-0.39, 0.29) is 23.3 Å². The molecular weight excluding hydrogens is 356 g/mol. The van der Waals surface area contributed by atoms with Crippen molar-refractivity contribution in [3.05, 3.63) is 46.2 Å². The van der Waals surface area contributed by atoms with E-state index >= 15 is 0 Å². The number of esters is 1. The number of nitrogens with zero attached hydrogens (tertiary/aromatic N) is 1. The molecule has 0 saturated carbocycles. The molecule has 0 bridgehead atoms. The highest BCUT2D eigenvalue weighted by atomic mass is 32.2. The van der Waals surface area contributed by atoms with Crippen molar-refractivity contribution >= 4 is 35.1 Å². The number of benzene rings is 1. The van der Waals surface area contributed by atoms with Gasteiger partial charge in [0.25, 0.3) is 11.5 Å². The van der Waals surface area contributed by atoms with Gasteiger partial charge in [-0.1, -0.05) is 30.0 Å². The summed E-state index contributed by atoms with van der Waals surface area (Å²) in [5, 5.41) is 2.61. The topological polar surface area (TPSA) is 127 Å². The van der Waals surface area contributed by atoms with Gasteiger partial charge in [0.15, 0.2) is 11.0 Å². The molecule has 138 valence electrons. The van der Waals surface area contributed by atoms with Crippen molar-refractivity contribution < 1.29 is 14.3 Å². The fourth-order valence-corrected chi connectivity index (χ4v) is 2.92. The standard InChI is InChI=1S/C17H20N4O4S/c1-4-25-15(24)17(2,3)26-16-20-12(18)11(14(23)21-16)19-13(22)10-8-6-5-7-9-10/h5-9H,4H2,1-3H3,(H,19,22)(H3,18,20,21,23). The second-order valence-electron chi connectivity index (χ2n) is 5.78. The maximum Gasteiger partial charge on any atom is 0.322 e. The molecule has 2 aromatic rings. The lowest BCUT2D eigenvalue weighted by atomic mass is 10.2. The molecular formula is C17H20N4O4S. The van der Waals surface area contributed by atoms with E-state index in [1.807, 2.05) is 0 Å². The van der Waals surface area contributed by atoms with Gasteiger partial charge in [0.1, 0.15) is 10.4 Å². The number of carbonyl (C=O) groups is 2. The lowest BCUT2D eigenvalue weighted by Crippen LogP contribution is -2.31. The molecule has 0 atom stereocenters. The minimum Gasteiger partial charge on any atom is -0.465 e. The van der Waals surface area contributed by atoms with E-state index in [1.54, 1.807) is 51.1 Å². The first-order valence-corrected chi connectivity index (χ1v) is 8.68. The Bertz CT molecular complexity index is 865. The first-order valence-electron chi connectivity index (χ1n) is 7.87. The maximum atomic E-state index is 12.3. The van der Waals surface area contributed by atoms with Crippen LogP contribution in [0.25, 0.3) is 0 Å². The summed E-state index contributed by atoms with van der Waals surface area (Å²) >= 11 is 1.01. The van der Waals surface area contributed by atoms with Gasteiger partial charge in [-0.05, 0) is 32.9 Å². The second kappa shape index (κ2) is 8.05. The summed E-state index contributed by atoms with van der Waals surface area (Å²) in [6.45, 7) is 5.26. The molecule has 0 unspecified atom stereocenters. The van der Waals surface area contributed by atoms with Crippen LogP contribution in [0.2, 0.25) is 0 Å². The van der Waals surface area contributed by atoms with Crippen LogP contribution in [0, 0.1) is 0 Å². The number of aromatic nitrogens is 2. The molecule has 1 amide bonds. The lowest BCUT2D eigenvalue weighted by molar-refractivity contribution is -0.145. The Balaban J connectivity index is 2.22. The highest BCUT2D eigenvalue weighted by molar-refractivity contribution is 8.01. The Labute approximate surface area is 154 Å². The Morgan fingerprint density at radius 2 is 1.96 bits per heavy atom. The molecule has 8 nitrogen and oxygen atoms in total. The third-order valence-electron chi connectivity index (χ3n) is 3.32. The van der Waals surface area contributed by atoms with Gasteiger partial charge >= 0.3 is 5.97 Å². The molecule has 1 aromatic heterocycles. The van der Waals surface area contributed by atoms with Gasteiger partial charge < -0.3 is 15.8 Å². The number of hydrogen-bond acceptors (Lipinski definition) is 7. The first kappa shape index (κ1) is 19.5. The molecule has 1 heterocycles. The summed E-state index contributed by atoms with van der Waals surface area (Å²) in [7, 11) is 0. The van der Waals surface area contributed by atoms with Crippen LogP contribution in [-0.4, -0.2) is 33.2 Å². The van der Waals surface area contributed by atoms with Crippen molar-refractivity contribution in [3.63, 3.8) is 0 Å². The quantitative estimate of drug-likeness (QED) is 0.400. The molecule has 4 N–H and O–H groups in total. The molecule has 0 saturated heterocycles. The number of rotatable bonds is 6. The SMILES string of the molecule is CCOC(=O)C(C)(C)Sc1nc(N)c(NC(=O)c2ccccc2)c(=O)[nH]1. The van der Waals surface area contributed by atoms with E-state index < -0.39 is 22.2 Å². The monoisotopic (exact) mass is 376 g/mol. The van der Waals surface area contributed by atoms with E-state index in [2.05, 4.69) is 15.3 Å². The van der Waals surface area contributed by atoms with E-state index in [4.69, 9.17) is 10.5 Å². The third-order valence-corrected chi connectivity index (χ3v) is 4.38. The highest BCUT2D eigenvalue weighted by Gasteiger charge is 2.32. The van der Waals surface area contributed by atoms with E-state index in [0.29, 0.717) is 5.56 Å². The number of nitrogens with two attached hydrogens (primary N) is 1. The van der Waals surface area contributed by atoms with E-state index in [9.17, 15) is 14.4 Å². The van der Waals surface area contributed by atoms with Gasteiger partial charge in [0.2, 0.25) is 0 Å². The van der Waals surface area contributed by atoms with Crippen LogP contribution < -0.4 is 16.6 Å². The zero-order chi connectivity index (χ0) is 19.3. The number of H-pyrrole nitrogens is 1. The van der Waals surface area contributed by atoms with Crippen LogP contribution in [0.4, 0.5) is 11.5 Å². The second-order valence-corrected chi connectivity index (χ2v) is 7.40. The minimum atomic E-state index is -0.965. The van der Waals surface area contributed by atoms with Crippen molar-refractivity contribution in [1.29, 1.82) is 0 Å². The lowest BCUT2D eigenvalue weighted by Gasteiger charge is -2.20.